The fourth-order valence-electron chi connectivity index (χ4n) is 2.90. The molecule has 0 spiro atoms. The Morgan fingerprint density at radius 1 is 0.880 bits per heavy atom. The van der Waals surface area contributed by atoms with Gasteiger partial charge in [-0.3, -0.25) is 9.69 Å². The molecule has 0 bridgehead atoms. The van der Waals surface area contributed by atoms with Crippen LogP contribution >= 0.6 is 0 Å². The summed E-state index contributed by atoms with van der Waals surface area (Å²) in [6, 6.07) is 12.3. The second-order valence-electron chi connectivity index (χ2n) is 6.11. The Balaban J connectivity index is 1.40. The number of benzene rings is 2. The van der Waals surface area contributed by atoms with Crippen molar-refractivity contribution in [3.63, 3.8) is 0 Å². The molecule has 0 radical (unpaired) electrons. The molecule has 1 saturated heterocycles. The van der Waals surface area contributed by atoms with Gasteiger partial charge in [0.15, 0.2) is 0 Å². The van der Waals surface area contributed by atoms with Crippen molar-refractivity contribution in [3.8, 4) is 0 Å². The maximum Gasteiger partial charge on any atom is 0.225 e. The van der Waals surface area contributed by atoms with Gasteiger partial charge in [-0.25, -0.2) is 8.78 Å². The Kier molecular flexibility index (Phi) is 5.60. The zero-order valence-corrected chi connectivity index (χ0v) is 13.9. The van der Waals surface area contributed by atoms with E-state index < -0.39 is 0 Å². The highest BCUT2D eigenvalue weighted by Crippen LogP contribution is 2.17. The highest BCUT2D eigenvalue weighted by atomic mass is 19.1. The lowest BCUT2D eigenvalue weighted by molar-refractivity contribution is -0.116. The first-order valence-corrected chi connectivity index (χ1v) is 8.38. The Hall–Kier alpha value is -2.47. The molecule has 0 aromatic heterocycles. The van der Waals surface area contributed by atoms with E-state index in [4.69, 9.17) is 0 Å². The van der Waals surface area contributed by atoms with E-state index in [9.17, 15) is 13.6 Å². The number of nitrogens with zero attached hydrogens (tertiary/aromatic N) is 2. The zero-order valence-electron chi connectivity index (χ0n) is 13.9. The maximum absolute atomic E-state index is 13.0. The van der Waals surface area contributed by atoms with Crippen molar-refractivity contribution in [1.29, 1.82) is 0 Å². The average Bonchev–Trinajstić information content (AvgIpc) is 2.63. The van der Waals surface area contributed by atoms with E-state index in [1.165, 1.54) is 24.3 Å². The quantitative estimate of drug-likeness (QED) is 0.904. The lowest BCUT2D eigenvalue weighted by atomic mass is 10.2. The lowest BCUT2D eigenvalue weighted by Gasteiger charge is -2.36. The van der Waals surface area contributed by atoms with Gasteiger partial charge in [-0.2, -0.15) is 0 Å². The Morgan fingerprint density at radius 3 is 2.04 bits per heavy atom. The summed E-state index contributed by atoms with van der Waals surface area (Å²) < 4.78 is 25.8. The minimum absolute atomic E-state index is 0.0763. The second-order valence-corrected chi connectivity index (χ2v) is 6.11. The minimum atomic E-state index is -0.322. The molecule has 0 unspecified atom stereocenters. The van der Waals surface area contributed by atoms with Crippen LogP contribution in [-0.4, -0.2) is 43.5 Å². The number of halogens is 2. The van der Waals surface area contributed by atoms with E-state index >= 15 is 0 Å². The first kappa shape index (κ1) is 17.4. The number of anilines is 2. The molecule has 2 aromatic carbocycles. The fraction of sp³-hybridized carbons (Fsp3) is 0.316. The molecule has 1 aliphatic heterocycles. The third kappa shape index (κ3) is 5.00. The van der Waals surface area contributed by atoms with Crippen molar-refractivity contribution in [1.82, 2.24) is 4.90 Å². The second kappa shape index (κ2) is 8.07. The molecule has 25 heavy (non-hydrogen) atoms. The third-order valence-corrected chi connectivity index (χ3v) is 4.35. The summed E-state index contributed by atoms with van der Waals surface area (Å²) in [5.41, 5.74) is 1.63. The summed E-state index contributed by atoms with van der Waals surface area (Å²) >= 11 is 0. The zero-order chi connectivity index (χ0) is 17.6. The summed E-state index contributed by atoms with van der Waals surface area (Å²) in [4.78, 5) is 16.4. The van der Waals surface area contributed by atoms with Gasteiger partial charge in [-0.05, 0) is 48.5 Å². The monoisotopic (exact) mass is 345 g/mol. The fourth-order valence-corrected chi connectivity index (χ4v) is 2.90. The topological polar surface area (TPSA) is 35.6 Å². The largest absolute Gasteiger partial charge is 0.369 e. The van der Waals surface area contributed by atoms with Gasteiger partial charge in [-0.15, -0.1) is 0 Å². The number of amides is 1. The molecule has 6 heteroatoms. The standard InChI is InChI=1S/C19H21F2N3O/c20-15-1-5-17(6-2-15)22-19(25)9-10-23-11-13-24(14-12-23)18-7-3-16(21)4-8-18/h1-8H,9-14H2,(H,22,25). The van der Waals surface area contributed by atoms with Crippen LogP contribution in [0.4, 0.5) is 20.2 Å². The van der Waals surface area contributed by atoms with Crippen LogP contribution in [0, 0.1) is 11.6 Å². The molecule has 1 fully saturated rings. The van der Waals surface area contributed by atoms with Gasteiger partial charge < -0.3 is 10.2 Å². The third-order valence-electron chi connectivity index (χ3n) is 4.35. The molecule has 1 amide bonds. The number of nitrogens with one attached hydrogen (secondary N) is 1. The molecule has 0 atom stereocenters. The molecule has 1 aliphatic rings. The van der Waals surface area contributed by atoms with Crippen LogP contribution in [0.2, 0.25) is 0 Å². The minimum Gasteiger partial charge on any atom is -0.369 e. The molecule has 0 aliphatic carbocycles. The van der Waals surface area contributed by atoms with E-state index in [2.05, 4.69) is 15.1 Å². The van der Waals surface area contributed by atoms with Crippen LogP contribution in [0.15, 0.2) is 48.5 Å². The van der Waals surface area contributed by atoms with Crippen molar-refractivity contribution in [3.05, 3.63) is 60.2 Å². The van der Waals surface area contributed by atoms with Crippen LogP contribution in [0.25, 0.3) is 0 Å². The van der Waals surface area contributed by atoms with Crippen molar-refractivity contribution in [2.45, 2.75) is 6.42 Å². The average molecular weight is 345 g/mol. The summed E-state index contributed by atoms with van der Waals surface area (Å²) in [6.07, 6.45) is 0.397. The maximum atomic E-state index is 13.0. The summed E-state index contributed by atoms with van der Waals surface area (Å²) in [7, 11) is 0. The van der Waals surface area contributed by atoms with Gasteiger partial charge in [0.25, 0.3) is 0 Å². The van der Waals surface area contributed by atoms with E-state index in [1.54, 1.807) is 24.3 Å². The highest BCUT2D eigenvalue weighted by Gasteiger charge is 2.17. The SMILES string of the molecule is O=C(CCN1CCN(c2ccc(F)cc2)CC1)Nc1ccc(F)cc1. The van der Waals surface area contributed by atoms with Crippen LogP contribution in [0.3, 0.4) is 0 Å². The molecule has 4 nitrogen and oxygen atoms in total. The van der Waals surface area contributed by atoms with Gasteiger partial charge >= 0.3 is 0 Å². The van der Waals surface area contributed by atoms with Crippen molar-refractivity contribution < 1.29 is 13.6 Å². The van der Waals surface area contributed by atoms with Gasteiger partial charge in [0.05, 0.1) is 0 Å². The van der Waals surface area contributed by atoms with E-state index in [1.807, 2.05) is 0 Å². The molecular formula is C19H21F2N3O. The predicted octanol–water partition coefficient (Wildman–Crippen LogP) is 3.12. The summed E-state index contributed by atoms with van der Waals surface area (Å²) in [5, 5.41) is 2.77. The first-order chi connectivity index (χ1) is 12.1. The van der Waals surface area contributed by atoms with Crippen LogP contribution in [-0.2, 0) is 4.79 Å². The van der Waals surface area contributed by atoms with Crippen molar-refractivity contribution >= 4 is 17.3 Å². The number of rotatable bonds is 5. The van der Waals surface area contributed by atoms with Crippen LogP contribution < -0.4 is 10.2 Å². The number of piperazine rings is 1. The van der Waals surface area contributed by atoms with Crippen molar-refractivity contribution in [2.24, 2.45) is 0 Å². The molecule has 1 heterocycles. The number of hydrogen-bond donors (Lipinski definition) is 1. The number of carbonyl (C=O) groups is 1. The Labute approximate surface area is 146 Å². The Bertz CT molecular complexity index is 696. The smallest absolute Gasteiger partial charge is 0.225 e. The predicted molar refractivity (Wildman–Crippen MR) is 94.7 cm³/mol. The normalized spacial score (nSPS) is 15.2. The van der Waals surface area contributed by atoms with Crippen molar-refractivity contribution in [2.75, 3.05) is 42.9 Å². The van der Waals surface area contributed by atoms with Gasteiger partial charge in [0.1, 0.15) is 11.6 Å². The summed E-state index contributed by atoms with van der Waals surface area (Å²) in [6.45, 7) is 4.11. The summed E-state index contributed by atoms with van der Waals surface area (Å²) in [5.74, 6) is -0.626. The number of carbonyl (C=O) groups excluding carboxylic acids is 1. The lowest BCUT2D eigenvalue weighted by Crippen LogP contribution is -2.47. The Morgan fingerprint density at radius 2 is 1.44 bits per heavy atom. The van der Waals surface area contributed by atoms with Gasteiger partial charge in [0.2, 0.25) is 5.91 Å². The van der Waals surface area contributed by atoms with Gasteiger partial charge in [0, 0.05) is 50.5 Å². The van der Waals surface area contributed by atoms with E-state index in [-0.39, 0.29) is 17.5 Å². The molecular weight excluding hydrogens is 324 g/mol. The molecule has 132 valence electrons. The molecule has 0 saturated carbocycles. The molecule has 2 aromatic rings. The highest BCUT2D eigenvalue weighted by molar-refractivity contribution is 5.90. The van der Waals surface area contributed by atoms with E-state index in [0.717, 1.165) is 31.9 Å². The van der Waals surface area contributed by atoms with Crippen LogP contribution in [0.5, 0.6) is 0 Å². The van der Waals surface area contributed by atoms with Crippen LogP contribution in [0.1, 0.15) is 6.42 Å². The first-order valence-electron chi connectivity index (χ1n) is 8.38. The van der Waals surface area contributed by atoms with Gasteiger partial charge in [-0.1, -0.05) is 0 Å². The number of hydrogen-bond acceptors (Lipinski definition) is 3. The van der Waals surface area contributed by atoms with E-state index in [0.29, 0.717) is 18.7 Å². The molecule has 1 N–H and O–H groups in total. The molecule has 3 rings (SSSR count).